The second kappa shape index (κ2) is 241. The molecule has 0 spiro atoms. The van der Waals surface area contributed by atoms with E-state index in [1.807, 2.05) is 0 Å². The van der Waals surface area contributed by atoms with E-state index in [1.165, 1.54) is 0 Å². The Hall–Kier alpha value is 5.09. The fourth-order valence-corrected chi connectivity index (χ4v) is 0. The molecule has 96 valence electrons. The Morgan fingerprint density at radius 3 is 0.267 bits per heavy atom. The van der Waals surface area contributed by atoms with Crippen molar-refractivity contribution in [2.24, 2.45) is 0 Å². The van der Waals surface area contributed by atoms with Crippen molar-refractivity contribution in [1.29, 1.82) is 0 Å². The molecule has 15 heavy (non-hydrogen) atoms. The molecule has 0 saturated heterocycles. The number of rotatable bonds is 0. The van der Waals surface area contributed by atoms with E-state index in [2.05, 4.69) is 0 Å². The Balaban J connectivity index is 0. The van der Waals surface area contributed by atoms with Gasteiger partial charge >= 0.3 is 166 Å². The third-order valence-electron chi connectivity index (χ3n) is 0. The summed E-state index contributed by atoms with van der Waals surface area (Å²) < 4.78 is 0. The van der Waals surface area contributed by atoms with Crippen LogP contribution in [0.1, 0.15) is 0 Å². The van der Waals surface area contributed by atoms with Crippen molar-refractivity contribution in [1.82, 2.24) is 0 Å². The van der Waals surface area contributed by atoms with Crippen molar-refractivity contribution in [2.75, 3.05) is 0 Å². The van der Waals surface area contributed by atoms with Gasteiger partial charge in [0.25, 0.3) is 0 Å². The van der Waals surface area contributed by atoms with Crippen molar-refractivity contribution >= 4 is 52.4 Å². The van der Waals surface area contributed by atoms with Crippen molar-refractivity contribution < 1.29 is 163 Å². The van der Waals surface area contributed by atoms with Crippen molar-refractivity contribution in [3.05, 3.63) is 0 Å². The third kappa shape index (κ3) is 215. The van der Waals surface area contributed by atoms with Crippen LogP contribution < -0.4 is 0 Å². The van der Waals surface area contributed by atoms with Gasteiger partial charge in [0.1, 0.15) is 0 Å². The summed E-state index contributed by atoms with van der Waals surface area (Å²) in [4.78, 5) is 0. The molecule has 0 rings (SSSR count). The minimum Gasteiger partial charge on any atom is -2.00 e. The average molecular weight is 988 g/mol. The molecule has 0 N–H and O–H groups in total. The van der Waals surface area contributed by atoms with Gasteiger partial charge in [-0.15, -0.1) is 0 Å². The van der Waals surface area contributed by atoms with Crippen LogP contribution in [0.25, 0.3) is 0 Å². The number of hydrogen-bond donors (Lipinski definition) is 0. The van der Waals surface area contributed by atoms with Crippen LogP contribution in [0.3, 0.4) is 0 Å². The Bertz CT molecular complexity index is 24.1. The summed E-state index contributed by atoms with van der Waals surface area (Å²) >= 11 is 0. The van der Waals surface area contributed by atoms with Gasteiger partial charge < -0.3 is 49.3 Å². The van der Waals surface area contributed by atoms with Gasteiger partial charge in [-0.1, -0.05) is 0 Å². The van der Waals surface area contributed by atoms with E-state index < -0.39 is 0 Å². The molecule has 0 amide bonds. The fraction of sp³-hybridized carbons (Fsp3) is 0. The first-order chi connectivity index (χ1) is 0. The second-order valence-corrected chi connectivity index (χ2v) is 0. The SMILES string of the molecule is [Bi+3].[Bi+3].[Fe+3].[Fe+3].[Gd+3].[Gd+3].[O-2].[O-2].[O-2].[O-2].[O-2].[O-2].[O-2].[O-2].[O-2]. The van der Waals surface area contributed by atoms with E-state index in [-0.39, 0.29) is 216 Å². The molecule has 0 atom stereocenters. The molecule has 0 aliphatic heterocycles. The molecule has 15 heteroatoms. The monoisotopic (exact) mass is 990 g/mol. The van der Waals surface area contributed by atoms with Gasteiger partial charge in [0, 0.05) is 0 Å². The van der Waals surface area contributed by atoms with Crippen LogP contribution in [0, 0.1) is 79.9 Å². The third-order valence-corrected chi connectivity index (χ3v) is 0. The summed E-state index contributed by atoms with van der Waals surface area (Å²) in [5.74, 6) is 0. The Morgan fingerprint density at radius 1 is 0.267 bits per heavy atom. The molecule has 0 fully saturated rings. The molecular formula is Bi2Fe2Gd2O9. The van der Waals surface area contributed by atoms with E-state index >= 15 is 0 Å². The topological polar surface area (TPSA) is 256 Å². The molecule has 0 unspecified atom stereocenters. The summed E-state index contributed by atoms with van der Waals surface area (Å²) in [5.41, 5.74) is 0. The van der Waals surface area contributed by atoms with Crippen molar-refractivity contribution in [3.63, 3.8) is 0 Å². The normalized spacial score (nSPS) is 0. The molecule has 9 nitrogen and oxygen atoms in total. The van der Waals surface area contributed by atoms with Crippen molar-refractivity contribution in [3.8, 4) is 0 Å². The van der Waals surface area contributed by atoms with Crippen LogP contribution in [0.5, 0.6) is 0 Å². The summed E-state index contributed by atoms with van der Waals surface area (Å²) in [7, 11) is 0. The molecule has 8 radical (unpaired) electrons. The molecule has 0 bridgehead atoms. The molecule has 0 aliphatic carbocycles. The second-order valence-electron chi connectivity index (χ2n) is 0. The first-order valence-electron chi connectivity index (χ1n) is 0. The maximum atomic E-state index is 0. The average Bonchev–Trinajstić information content (AvgIpc) is 0. The Kier molecular flexibility index (Phi) is 4530. The molecule has 0 aromatic heterocycles. The smallest absolute Gasteiger partial charge is 2.00 e. The predicted molar refractivity (Wildman–Crippen MR) is 17.7 cm³/mol. The first kappa shape index (κ1) is 282. The quantitative estimate of drug-likeness (QED) is 0.243. The number of hydrogen-bond acceptors (Lipinski definition) is 0. The summed E-state index contributed by atoms with van der Waals surface area (Å²) in [6, 6.07) is 0. The Morgan fingerprint density at radius 2 is 0.267 bits per heavy atom. The van der Waals surface area contributed by atoms with Gasteiger partial charge in [0.2, 0.25) is 0 Å². The summed E-state index contributed by atoms with van der Waals surface area (Å²) in [6.07, 6.45) is 0. The van der Waals surface area contributed by atoms with Gasteiger partial charge in [0.05, 0.1) is 0 Å². The largest absolute Gasteiger partial charge is 3.00 e. The van der Waals surface area contributed by atoms with Crippen LogP contribution >= 0.6 is 0 Å². The minimum absolute atomic E-state index is 0. The van der Waals surface area contributed by atoms with E-state index in [0.29, 0.717) is 0 Å². The van der Waals surface area contributed by atoms with Crippen molar-refractivity contribution in [2.45, 2.75) is 0 Å². The molecular weight excluding hydrogens is 988 g/mol. The van der Waals surface area contributed by atoms with Crippen LogP contribution in [0.2, 0.25) is 0 Å². The van der Waals surface area contributed by atoms with E-state index in [0.717, 1.165) is 0 Å². The predicted octanol–water partition coefficient (Wildman–Crippen LogP) is -1.84. The zero-order valence-electron chi connectivity index (χ0n) is 5.98. The van der Waals surface area contributed by atoms with Crippen LogP contribution in [0.4, 0.5) is 0 Å². The van der Waals surface area contributed by atoms with Gasteiger partial charge in [-0.05, 0) is 0 Å². The van der Waals surface area contributed by atoms with Gasteiger partial charge in [0.15, 0.2) is 0 Å². The molecule has 0 aliphatic rings. The zero-order chi connectivity index (χ0) is 0. The molecule has 0 aromatic carbocycles. The molecule has 0 aromatic rings. The van der Waals surface area contributed by atoms with E-state index in [4.69, 9.17) is 0 Å². The summed E-state index contributed by atoms with van der Waals surface area (Å²) in [5, 5.41) is 0. The fourth-order valence-electron chi connectivity index (χ4n) is 0. The van der Waals surface area contributed by atoms with Crippen LogP contribution in [0.15, 0.2) is 0 Å². The van der Waals surface area contributed by atoms with E-state index in [1.54, 1.807) is 0 Å². The minimum atomic E-state index is 0. The maximum Gasteiger partial charge on any atom is 3.00 e. The van der Waals surface area contributed by atoms with Gasteiger partial charge in [-0.25, -0.2) is 0 Å². The van der Waals surface area contributed by atoms with Crippen LogP contribution in [-0.2, 0) is 83.4 Å². The maximum absolute atomic E-state index is 0. The van der Waals surface area contributed by atoms with Crippen LogP contribution in [-0.4, -0.2) is 52.4 Å². The standard InChI is InChI=1S/2Bi.2Fe.2Gd.9O/q6*+3;9*-2. The van der Waals surface area contributed by atoms with E-state index in [9.17, 15) is 0 Å². The Labute approximate surface area is 211 Å². The first-order valence-corrected chi connectivity index (χ1v) is 0. The van der Waals surface area contributed by atoms with Gasteiger partial charge in [-0.2, -0.15) is 0 Å². The van der Waals surface area contributed by atoms with Gasteiger partial charge in [-0.3, -0.25) is 0 Å². The zero-order valence-corrected chi connectivity index (χ0v) is 19.7. The summed E-state index contributed by atoms with van der Waals surface area (Å²) in [6.45, 7) is 0. The molecule has 0 heterocycles. The molecule has 0 saturated carbocycles.